The van der Waals surface area contributed by atoms with Crippen LogP contribution in [0.5, 0.6) is 5.75 Å². The van der Waals surface area contributed by atoms with E-state index in [4.69, 9.17) is 4.74 Å². The lowest BCUT2D eigenvalue weighted by atomic mass is 9.92. The van der Waals surface area contributed by atoms with E-state index in [9.17, 15) is 13.2 Å². The number of benzene rings is 1. The number of alkyl halides is 2. The van der Waals surface area contributed by atoms with E-state index >= 15 is 0 Å². The number of methoxy groups -OCH3 is 1. The summed E-state index contributed by atoms with van der Waals surface area (Å²) in [4.78, 5) is 0. The lowest BCUT2D eigenvalue weighted by Gasteiger charge is -2.31. The van der Waals surface area contributed by atoms with Crippen LogP contribution in [0.4, 0.5) is 18.9 Å². The fourth-order valence-corrected chi connectivity index (χ4v) is 2.54. The van der Waals surface area contributed by atoms with Gasteiger partial charge in [-0.25, -0.2) is 4.39 Å². The molecule has 0 bridgehead atoms. The first-order valence-electron chi connectivity index (χ1n) is 6.64. The Morgan fingerprint density at radius 2 is 2.00 bits per heavy atom. The molecule has 1 aliphatic rings. The lowest BCUT2D eigenvalue weighted by molar-refractivity contribution is -0.0521. The van der Waals surface area contributed by atoms with Gasteiger partial charge in [0.1, 0.15) is 0 Å². The highest BCUT2D eigenvalue weighted by Crippen LogP contribution is 2.27. The second-order valence-corrected chi connectivity index (χ2v) is 4.83. The largest absolute Gasteiger partial charge is 0.432 e. The van der Waals surface area contributed by atoms with Crippen molar-refractivity contribution >= 4 is 5.69 Å². The van der Waals surface area contributed by atoms with Crippen LogP contribution in [0.15, 0.2) is 18.2 Å². The topological polar surface area (TPSA) is 30.5 Å². The number of ether oxygens (including phenoxy) is 2. The van der Waals surface area contributed by atoms with Crippen molar-refractivity contribution in [3.8, 4) is 5.75 Å². The summed E-state index contributed by atoms with van der Waals surface area (Å²) in [6.45, 7) is -3.03. The Labute approximate surface area is 116 Å². The molecule has 3 nitrogen and oxygen atoms in total. The SMILES string of the molecule is COC1CCCCC1Nc1ccc(OC(F)F)c(F)c1. The standard InChI is InChI=1S/C14H18F3NO2/c1-19-13-5-3-2-4-11(13)18-9-6-7-12(10(15)8-9)20-14(16)17/h6-8,11,13-14,18H,2-5H2,1H3. The van der Waals surface area contributed by atoms with Crippen molar-refractivity contribution in [1.82, 2.24) is 0 Å². The molecule has 1 aliphatic carbocycles. The van der Waals surface area contributed by atoms with Crippen LogP contribution in [0.3, 0.4) is 0 Å². The van der Waals surface area contributed by atoms with Gasteiger partial charge in [0.2, 0.25) is 0 Å². The van der Waals surface area contributed by atoms with Gasteiger partial charge in [-0.2, -0.15) is 8.78 Å². The maximum Gasteiger partial charge on any atom is 0.387 e. The fourth-order valence-electron chi connectivity index (χ4n) is 2.54. The average molecular weight is 289 g/mol. The van der Waals surface area contributed by atoms with Gasteiger partial charge in [0, 0.05) is 18.9 Å². The summed E-state index contributed by atoms with van der Waals surface area (Å²) in [5.41, 5.74) is 0.540. The van der Waals surface area contributed by atoms with E-state index in [0.717, 1.165) is 25.7 Å². The van der Waals surface area contributed by atoms with Crippen LogP contribution in [0.1, 0.15) is 25.7 Å². The van der Waals surface area contributed by atoms with E-state index in [0.29, 0.717) is 5.69 Å². The Morgan fingerprint density at radius 1 is 1.25 bits per heavy atom. The van der Waals surface area contributed by atoms with E-state index < -0.39 is 18.2 Å². The number of halogens is 3. The average Bonchev–Trinajstić information content (AvgIpc) is 2.42. The van der Waals surface area contributed by atoms with Crippen molar-refractivity contribution in [3.05, 3.63) is 24.0 Å². The summed E-state index contributed by atoms with van der Waals surface area (Å²) in [7, 11) is 1.66. The van der Waals surface area contributed by atoms with Gasteiger partial charge in [0.25, 0.3) is 0 Å². The molecule has 1 aromatic carbocycles. The molecule has 0 spiro atoms. The summed E-state index contributed by atoms with van der Waals surface area (Å²) in [5.74, 6) is -1.25. The Hall–Kier alpha value is -1.43. The highest BCUT2D eigenvalue weighted by molar-refractivity contribution is 5.48. The normalized spacial score (nSPS) is 22.9. The van der Waals surface area contributed by atoms with Gasteiger partial charge in [-0.05, 0) is 25.0 Å². The maximum absolute atomic E-state index is 13.6. The zero-order valence-corrected chi connectivity index (χ0v) is 11.2. The molecular weight excluding hydrogens is 271 g/mol. The first-order chi connectivity index (χ1) is 9.60. The van der Waals surface area contributed by atoms with Gasteiger partial charge in [0.05, 0.1) is 12.1 Å². The molecule has 112 valence electrons. The molecule has 0 aromatic heterocycles. The third-order valence-electron chi connectivity index (χ3n) is 3.51. The second kappa shape index (κ2) is 6.83. The molecule has 2 unspecified atom stereocenters. The highest BCUT2D eigenvalue weighted by atomic mass is 19.3. The van der Waals surface area contributed by atoms with E-state index in [1.54, 1.807) is 7.11 Å². The second-order valence-electron chi connectivity index (χ2n) is 4.83. The highest BCUT2D eigenvalue weighted by Gasteiger charge is 2.24. The predicted molar refractivity (Wildman–Crippen MR) is 69.7 cm³/mol. The first kappa shape index (κ1) is 15.0. The number of nitrogens with one attached hydrogen (secondary N) is 1. The van der Waals surface area contributed by atoms with Gasteiger partial charge in [0.15, 0.2) is 11.6 Å². The maximum atomic E-state index is 13.6. The molecule has 2 atom stereocenters. The van der Waals surface area contributed by atoms with E-state index in [2.05, 4.69) is 10.1 Å². The predicted octanol–water partition coefficient (Wildman–Crippen LogP) is 3.80. The van der Waals surface area contributed by atoms with Crippen LogP contribution < -0.4 is 10.1 Å². The Balaban J connectivity index is 2.04. The minimum atomic E-state index is -3.03. The van der Waals surface area contributed by atoms with Crippen molar-refractivity contribution in [2.75, 3.05) is 12.4 Å². The van der Waals surface area contributed by atoms with Crippen LogP contribution in [0.25, 0.3) is 0 Å². The smallest absolute Gasteiger partial charge is 0.387 e. The Bertz CT molecular complexity index is 442. The van der Waals surface area contributed by atoms with Crippen LogP contribution in [-0.4, -0.2) is 25.9 Å². The number of hydrogen-bond donors (Lipinski definition) is 1. The van der Waals surface area contributed by atoms with Crippen LogP contribution in [0.2, 0.25) is 0 Å². The van der Waals surface area contributed by atoms with Crippen molar-refractivity contribution < 1.29 is 22.6 Å². The summed E-state index contributed by atoms with van der Waals surface area (Å²) >= 11 is 0. The van der Waals surface area contributed by atoms with Crippen molar-refractivity contribution in [2.45, 2.75) is 44.4 Å². The molecule has 0 saturated heterocycles. The zero-order chi connectivity index (χ0) is 14.5. The Morgan fingerprint density at radius 3 is 2.65 bits per heavy atom. The van der Waals surface area contributed by atoms with Gasteiger partial charge in [-0.1, -0.05) is 12.8 Å². The van der Waals surface area contributed by atoms with Crippen LogP contribution >= 0.6 is 0 Å². The summed E-state index contributed by atoms with van der Waals surface area (Å²) in [6, 6.07) is 4.00. The molecule has 1 saturated carbocycles. The summed E-state index contributed by atoms with van der Waals surface area (Å²) in [5, 5.41) is 3.20. The molecule has 0 amide bonds. The molecule has 2 rings (SSSR count). The number of hydrogen-bond acceptors (Lipinski definition) is 3. The van der Waals surface area contributed by atoms with Crippen LogP contribution in [-0.2, 0) is 4.74 Å². The molecule has 0 radical (unpaired) electrons. The minimum absolute atomic E-state index is 0.0869. The third kappa shape index (κ3) is 3.79. The van der Waals surface area contributed by atoms with E-state index in [1.165, 1.54) is 18.2 Å². The van der Waals surface area contributed by atoms with Crippen LogP contribution in [0, 0.1) is 5.82 Å². The van der Waals surface area contributed by atoms with E-state index in [1.807, 2.05) is 0 Å². The van der Waals surface area contributed by atoms with Gasteiger partial charge >= 0.3 is 6.61 Å². The van der Waals surface area contributed by atoms with Crippen molar-refractivity contribution in [1.29, 1.82) is 0 Å². The van der Waals surface area contributed by atoms with Gasteiger partial charge < -0.3 is 14.8 Å². The number of rotatable bonds is 5. The van der Waals surface area contributed by atoms with Crippen molar-refractivity contribution in [2.24, 2.45) is 0 Å². The lowest BCUT2D eigenvalue weighted by Crippen LogP contribution is -2.37. The van der Waals surface area contributed by atoms with E-state index in [-0.39, 0.29) is 12.1 Å². The molecule has 1 N–H and O–H groups in total. The quantitative estimate of drug-likeness (QED) is 0.894. The summed E-state index contributed by atoms with van der Waals surface area (Å²) in [6.07, 6.45) is 4.20. The molecule has 20 heavy (non-hydrogen) atoms. The number of anilines is 1. The fraction of sp³-hybridized carbons (Fsp3) is 0.571. The summed E-state index contributed by atoms with van der Waals surface area (Å²) < 4.78 is 47.2. The van der Waals surface area contributed by atoms with Crippen molar-refractivity contribution in [3.63, 3.8) is 0 Å². The molecule has 0 aliphatic heterocycles. The van der Waals surface area contributed by atoms with Gasteiger partial charge in [-0.15, -0.1) is 0 Å². The molecular formula is C14H18F3NO2. The molecule has 1 aromatic rings. The third-order valence-corrected chi connectivity index (χ3v) is 3.51. The first-order valence-corrected chi connectivity index (χ1v) is 6.64. The molecule has 0 heterocycles. The van der Waals surface area contributed by atoms with Gasteiger partial charge in [-0.3, -0.25) is 0 Å². The zero-order valence-electron chi connectivity index (χ0n) is 11.2. The molecule has 1 fully saturated rings. The molecule has 6 heteroatoms. The Kier molecular flexibility index (Phi) is 5.11. The monoisotopic (exact) mass is 289 g/mol. The minimum Gasteiger partial charge on any atom is -0.432 e.